The van der Waals surface area contributed by atoms with Crippen LogP contribution in [0.3, 0.4) is 0 Å². The molecular weight excluding hydrogens is 268 g/mol. The molecule has 0 amide bonds. The van der Waals surface area contributed by atoms with E-state index in [1.165, 1.54) is 10.4 Å². The molecular formula is C16H24N2OS. The van der Waals surface area contributed by atoms with E-state index < -0.39 is 0 Å². The molecule has 2 aromatic heterocycles. The summed E-state index contributed by atoms with van der Waals surface area (Å²) in [5.74, 6) is 1.72. The van der Waals surface area contributed by atoms with E-state index in [2.05, 4.69) is 54.7 Å². The zero-order valence-corrected chi connectivity index (χ0v) is 13.4. The molecule has 0 spiro atoms. The predicted octanol–water partition coefficient (Wildman–Crippen LogP) is 3.72. The number of nitrogens with one attached hydrogen (secondary N) is 1. The summed E-state index contributed by atoms with van der Waals surface area (Å²) in [7, 11) is 2.15. The second kappa shape index (κ2) is 7.62. The summed E-state index contributed by atoms with van der Waals surface area (Å²) >= 11 is 1.81. The molecule has 0 atom stereocenters. The van der Waals surface area contributed by atoms with E-state index in [1.54, 1.807) is 6.26 Å². The molecule has 20 heavy (non-hydrogen) atoms. The molecule has 1 N–H and O–H groups in total. The Morgan fingerprint density at radius 3 is 2.85 bits per heavy atom. The maximum Gasteiger partial charge on any atom is 0.122 e. The molecule has 3 nitrogen and oxygen atoms in total. The van der Waals surface area contributed by atoms with Crippen molar-refractivity contribution in [2.75, 3.05) is 13.6 Å². The molecule has 0 saturated heterocycles. The summed E-state index contributed by atoms with van der Waals surface area (Å²) in [6.07, 6.45) is 1.79. The first kappa shape index (κ1) is 15.3. The Hall–Kier alpha value is -1.10. The minimum Gasteiger partial charge on any atom is -0.468 e. The molecule has 0 bridgehead atoms. The number of rotatable bonds is 8. The van der Waals surface area contributed by atoms with Crippen LogP contribution < -0.4 is 5.32 Å². The van der Waals surface area contributed by atoms with Crippen LogP contribution >= 0.6 is 11.3 Å². The topological polar surface area (TPSA) is 28.4 Å². The van der Waals surface area contributed by atoms with Crippen molar-refractivity contribution in [3.8, 4) is 0 Å². The lowest BCUT2D eigenvalue weighted by molar-refractivity contribution is 0.317. The highest BCUT2D eigenvalue weighted by molar-refractivity contribution is 7.09. The summed E-state index contributed by atoms with van der Waals surface area (Å²) in [6.45, 7) is 8.17. The summed E-state index contributed by atoms with van der Waals surface area (Å²) in [5.41, 5.74) is 1.28. The largest absolute Gasteiger partial charge is 0.468 e. The van der Waals surface area contributed by atoms with Crippen molar-refractivity contribution in [3.63, 3.8) is 0 Å². The Morgan fingerprint density at radius 1 is 1.30 bits per heavy atom. The summed E-state index contributed by atoms with van der Waals surface area (Å²) in [5, 5.41) is 5.56. The van der Waals surface area contributed by atoms with Gasteiger partial charge in [-0.2, -0.15) is 0 Å². The van der Waals surface area contributed by atoms with Crippen molar-refractivity contribution >= 4 is 11.3 Å². The third-order valence-electron chi connectivity index (χ3n) is 3.12. The third kappa shape index (κ3) is 4.78. The zero-order valence-electron chi connectivity index (χ0n) is 12.6. The lowest BCUT2D eigenvalue weighted by Gasteiger charge is -2.15. The quantitative estimate of drug-likeness (QED) is 0.804. The smallest absolute Gasteiger partial charge is 0.122 e. The van der Waals surface area contributed by atoms with Crippen LogP contribution in [0.25, 0.3) is 0 Å². The Morgan fingerprint density at radius 2 is 2.15 bits per heavy atom. The highest BCUT2D eigenvalue weighted by atomic mass is 32.1. The van der Waals surface area contributed by atoms with Crippen molar-refractivity contribution in [2.24, 2.45) is 5.92 Å². The van der Waals surface area contributed by atoms with Crippen LogP contribution in [0.5, 0.6) is 0 Å². The Labute approximate surface area is 125 Å². The second-order valence-corrected chi connectivity index (χ2v) is 6.68. The van der Waals surface area contributed by atoms with Crippen molar-refractivity contribution in [2.45, 2.75) is 33.5 Å². The van der Waals surface area contributed by atoms with E-state index in [9.17, 15) is 0 Å². The number of thiophene rings is 1. The lowest BCUT2D eigenvalue weighted by atomic mass is 10.2. The monoisotopic (exact) mass is 292 g/mol. The van der Waals surface area contributed by atoms with E-state index >= 15 is 0 Å². The molecule has 0 aromatic carbocycles. The van der Waals surface area contributed by atoms with E-state index in [0.717, 1.165) is 31.9 Å². The number of nitrogens with zero attached hydrogens (tertiary/aromatic N) is 1. The fourth-order valence-electron chi connectivity index (χ4n) is 2.15. The summed E-state index contributed by atoms with van der Waals surface area (Å²) in [4.78, 5) is 3.72. The molecule has 2 rings (SSSR count). The van der Waals surface area contributed by atoms with Crippen LogP contribution in [0, 0.1) is 5.92 Å². The molecule has 0 aliphatic carbocycles. The van der Waals surface area contributed by atoms with Gasteiger partial charge in [0.05, 0.1) is 12.8 Å². The van der Waals surface area contributed by atoms with Gasteiger partial charge in [0.15, 0.2) is 0 Å². The van der Waals surface area contributed by atoms with Crippen LogP contribution in [0.15, 0.2) is 34.3 Å². The molecule has 0 unspecified atom stereocenters. The Kier molecular flexibility index (Phi) is 5.83. The lowest BCUT2D eigenvalue weighted by Crippen LogP contribution is -2.21. The molecule has 0 radical (unpaired) electrons. The molecule has 0 saturated carbocycles. The van der Waals surface area contributed by atoms with Crippen molar-refractivity contribution in [1.29, 1.82) is 0 Å². The van der Waals surface area contributed by atoms with Gasteiger partial charge in [0, 0.05) is 23.5 Å². The van der Waals surface area contributed by atoms with E-state index in [1.807, 2.05) is 11.3 Å². The number of furan rings is 1. The summed E-state index contributed by atoms with van der Waals surface area (Å²) < 4.78 is 5.60. The van der Waals surface area contributed by atoms with Crippen LogP contribution in [0.2, 0.25) is 0 Å². The van der Waals surface area contributed by atoms with Crippen LogP contribution in [0.4, 0.5) is 0 Å². The van der Waals surface area contributed by atoms with E-state index in [0.29, 0.717) is 5.92 Å². The minimum absolute atomic E-state index is 0.662. The number of hydrogen-bond acceptors (Lipinski definition) is 4. The molecule has 2 aromatic rings. The Balaban J connectivity index is 1.84. The molecule has 0 aliphatic heterocycles. The molecule has 0 fully saturated rings. The summed E-state index contributed by atoms with van der Waals surface area (Å²) in [6, 6.07) is 6.37. The molecule has 110 valence electrons. The van der Waals surface area contributed by atoms with E-state index in [4.69, 9.17) is 4.42 Å². The first-order valence-electron chi connectivity index (χ1n) is 7.12. The standard InChI is InChI=1S/C16H24N2OS/c1-13(2)9-17-10-16-14(6-7-19-16)11-18(3)12-15-5-4-8-20-15/h4-8,13,17H,9-12H2,1-3H3. The van der Waals surface area contributed by atoms with Gasteiger partial charge in [-0.15, -0.1) is 11.3 Å². The SMILES string of the molecule is CC(C)CNCc1occc1CN(C)Cc1cccs1. The first-order valence-corrected chi connectivity index (χ1v) is 8.00. The zero-order chi connectivity index (χ0) is 14.4. The van der Waals surface area contributed by atoms with Gasteiger partial charge in [0.1, 0.15) is 5.76 Å². The predicted molar refractivity (Wildman–Crippen MR) is 84.7 cm³/mol. The van der Waals surface area contributed by atoms with Gasteiger partial charge in [0.2, 0.25) is 0 Å². The highest BCUT2D eigenvalue weighted by Crippen LogP contribution is 2.16. The number of hydrogen-bond donors (Lipinski definition) is 1. The van der Waals surface area contributed by atoms with Gasteiger partial charge in [-0.3, -0.25) is 4.90 Å². The van der Waals surface area contributed by atoms with Crippen LogP contribution in [-0.4, -0.2) is 18.5 Å². The fourth-order valence-corrected chi connectivity index (χ4v) is 2.94. The first-order chi connectivity index (χ1) is 9.65. The average molecular weight is 292 g/mol. The average Bonchev–Trinajstić information content (AvgIpc) is 3.01. The van der Waals surface area contributed by atoms with Crippen LogP contribution in [0.1, 0.15) is 30.0 Å². The maximum absolute atomic E-state index is 5.60. The van der Waals surface area contributed by atoms with Crippen molar-refractivity contribution in [1.82, 2.24) is 10.2 Å². The highest BCUT2D eigenvalue weighted by Gasteiger charge is 2.09. The maximum atomic E-state index is 5.60. The van der Waals surface area contributed by atoms with Gasteiger partial charge < -0.3 is 9.73 Å². The Bertz CT molecular complexity index is 490. The minimum atomic E-state index is 0.662. The van der Waals surface area contributed by atoms with Gasteiger partial charge in [0.25, 0.3) is 0 Å². The third-order valence-corrected chi connectivity index (χ3v) is 3.98. The van der Waals surface area contributed by atoms with Gasteiger partial charge >= 0.3 is 0 Å². The molecule has 0 aliphatic rings. The fraction of sp³-hybridized carbons (Fsp3) is 0.500. The van der Waals surface area contributed by atoms with Gasteiger partial charge in [-0.1, -0.05) is 19.9 Å². The van der Waals surface area contributed by atoms with Crippen molar-refractivity contribution < 1.29 is 4.42 Å². The normalized spacial score (nSPS) is 11.7. The molecule has 4 heteroatoms. The second-order valence-electron chi connectivity index (χ2n) is 5.65. The molecule has 2 heterocycles. The van der Waals surface area contributed by atoms with E-state index in [-0.39, 0.29) is 0 Å². The van der Waals surface area contributed by atoms with Gasteiger partial charge in [-0.05, 0) is 37.0 Å². The van der Waals surface area contributed by atoms with Gasteiger partial charge in [-0.25, -0.2) is 0 Å². The van der Waals surface area contributed by atoms with Crippen molar-refractivity contribution in [3.05, 3.63) is 46.0 Å². The van der Waals surface area contributed by atoms with Crippen LogP contribution in [-0.2, 0) is 19.6 Å².